The zero-order valence-corrected chi connectivity index (χ0v) is 17.2. The zero-order valence-electron chi connectivity index (χ0n) is 17.2. The van der Waals surface area contributed by atoms with Crippen LogP contribution in [0.25, 0.3) is 11.0 Å². The van der Waals surface area contributed by atoms with Crippen molar-refractivity contribution in [1.29, 1.82) is 0 Å². The summed E-state index contributed by atoms with van der Waals surface area (Å²) in [6, 6.07) is 17.9. The number of rotatable bonds is 6. The van der Waals surface area contributed by atoms with Crippen LogP contribution in [0.2, 0.25) is 0 Å². The van der Waals surface area contributed by atoms with E-state index in [1.807, 2.05) is 41.9 Å². The van der Waals surface area contributed by atoms with E-state index in [0.717, 1.165) is 34.2 Å². The number of nitrogens with zero attached hydrogens (tertiary/aromatic N) is 3. The lowest BCUT2D eigenvalue weighted by Gasteiger charge is -2.08. The Bertz CT molecular complexity index is 1200. The number of carbonyl (C=O) groups excluding carboxylic acids is 1. The molecule has 7 heteroatoms. The number of amides is 1. The number of benzene rings is 2. The molecule has 152 valence electrons. The molecule has 30 heavy (non-hydrogen) atoms. The minimum absolute atomic E-state index is 0.0918. The van der Waals surface area contributed by atoms with Gasteiger partial charge < -0.3 is 20.5 Å². The lowest BCUT2D eigenvalue weighted by Crippen LogP contribution is -2.05. The Morgan fingerprint density at radius 3 is 2.57 bits per heavy atom. The predicted molar refractivity (Wildman–Crippen MR) is 121 cm³/mol. The molecule has 2 aromatic heterocycles. The number of aromatic nitrogens is 3. The number of anilines is 4. The Morgan fingerprint density at radius 1 is 1.07 bits per heavy atom. The molecular formula is C23H24N6O. The highest BCUT2D eigenvalue weighted by Crippen LogP contribution is 2.23. The van der Waals surface area contributed by atoms with Crippen LogP contribution in [0.5, 0.6) is 0 Å². The molecule has 0 bridgehead atoms. The third-order valence-electron chi connectivity index (χ3n) is 4.78. The van der Waals surface area contributed by atoms with Gasteiger partial charge in [0.25, 0.3) is 0 Å². The van der Waals surface area contributed by atoms with Crippen molar-refractivity contribution in [2.75, 3.05) is 16.0 Å². The molecule has 7 nitrogen and oxygen atoms in total. The maximum absolute atomic E-state index is 11.1. The molecular weight excluding hydrogens is 376 g/mol. The maximum atomic E-state index is 11.1. The normalized spacial score (nSPS) is 10.8. The number of aryl methyl sites for hydroxylation is 2. The van der Waals surface area contributed by atoms with E-state index in [1.165, 1.54) is 18.1 Å². The first kappa shape index (κ1) is 19.4. The molecule has 0 saturated heterocycles. The van der Waals surface area contributed by atoms with Crippen molar-refractivity contribution in [2.45, 2.75) is 20.4 Å². The third-order valence-corrected chi connectivity index (χ3v) is 4.78. The molecule has 0 aliphatic heterocycles. The molecule has 4 rings (SSSR count). The average Bonchev–Trinajstić information content (AvgIpc) is 3.03. The fraction of sp³-hybridized carbons (Fsp3) is 0.174. The molecule has 0 saturated carbocycles. The second-order valence-electron chi connectivity index (χ2n) is 7.28. The Labute approximate surface area is 175 Å². The highest BCUT2D eigenvalue weighted by molar-refractivity contribution is 5.89. The van der Waals surface area contributed by atoms with Crippen LogP contribution >= 0.6 is 0 Å². The topological polar surface area (TPSA) is 83.9 Å². The van der Waals surface area contributed by atoms with Crippen LogP contribution in [-0.4, -0.2) is 20.4 Å². The summed E-state index contributed by atoms with van der Waals surface area (Å²) < 4.78 is 2.03. The van der Waals surface area contributed by atoms with Crippen LogP contribution < -0.4 is 16.0 Å². The standard InChI is InChI=1S/C23H24N6O/c1-15-5-4-6-17(11-15)13-25-23-28-20-14-24-22(12-21(20)29(23)3)27-19-9-7-18(8-10-19)26-16(2)30/h4-12,14H,13H2,1-3H3,(H,24,27)(H,25,28)(H,26,30). The summed E-state index contributed by atoms with van der Waals surface area (Å²) in [6.45, 7) is 4.29. The van der Waals surface area contributed by atoms with Crippen molar-refractivity contribution in [3.63, 3.8) is 0 Å². The number of carbonyl (C=O) groups is 1. The lowest BCUT2D eigenvalue weighted by molar-refractivity contribution is -0.114. The van der Waals surface area contributed by atoms with Crippen molar-refractivity contribution in [3.8, 4) is 0 Å². The molecule has 0 atom stereocenters. The first-order chi connectivity index (χ1) is 14.5. The number of imidazole rings is 1. The minimum atomic E-state index is -0.0918. The van der Waals surface area contributed by atoms with Gasteiger partial charge in [-0.05, 0) is 36.8 Å². The second kappa shape index (κ2) is 8.24. The molecule has 0 aliphatic rings. The Morgan fingerprint density at radius 2 is 1.83 bits per heavy atom. The van der Waals surface area contributed by atoms with E-state index < -0.39 is 0 Å². The summed E-state index contributed by atoms with van der Waals surface area (Å²) in [7, 11) is 1.99. The summed E-state index contributed by atoms with van der Waals surface area (Å²) in [5.41, 5.74) is 5.91. The average molecular weight is 400 g/mol. The number of hydrogen-bond acceptors (Lipinski definition) is 5. The van der Waals surface area contributed by atoms with Gasteiger partial charge in [-0.15, -0.1) is 0 Å². The van der Waals surface area contributed by atoms with Crippen LogP contribution in [0.4, 0.5) is 23.1 Å². The smallest absolute Gasteiger partial charge is 0.221 e. The van der Waals surface area contributed by atoms with Crippen LogP contribution in [0, 0.1) is 6.92 Å². The van der Waals surface area contributed by atoms with Gasteiger partial charge in [-0.25, -0.2) is 9.97 Å². The Kier molecular flexibility index (Phi) is 5.34. The number of pyridine rings is 1. The molecule has 2 aromatic carbocycles. The third kappa shape index (κ3) is 4.41. The van der Waals surface area contributed by atoms with Crippen molar-refractivity contribution in [2.24, 2.45) is 7.05 Å². The summed E-state index contributed by atoms with van der Waals surface area (Å²) in [4.78, 5) is 20.3. The number of hydrogen-bond donors (Lipinski definition) is 3. The monoisotopic (exact) mass is 400 g/mol. The number of nitrogens with one attached hydrogen (secondary N) is 3. The summed E-state index contributed by atoms with van der Waals surface area (Å²) in [5.74, 6) is 1.43. The molecule has 3 N–H and O–H groups in total. The highest BCUT2D eigenvalue weighted by Gasteiger charge is 2.09. The lowest BCUT2D eigenvalue weighted by atomic mass is 10.1. The quantitative estimate of drug-likeness (QED) is 0.441. The van der Waals surface area contributed by atoms with Gasteiger partial charge in [0.2, 0.25) is 11.9 Å². The summed E-state index contributed by atoms with van der Waals surface area (Å²) in [5, 5.41) is 9.45. The van der Waals surface area contributed by atoms with Crippen LogP contribution in [-0.2, 0) is 18.4 Å². The molecule has 0 aliphatic carbocycles. The SMILES string of the molecule is CC(=O)Nc1ccc(Nc2cc3c(cn2)nc(NCc2cccc(C)c2)n3C)cc1. The molecule has 0 radical (unpaired) electrons. The Hall–Kier alpha value is -3.87. The van der Waals surface area contributed by atoms with Crippen molar-refractivity contribution < 1.29 is 4.79 Å². The van der Waals surface area contributed by atoms with Crippen LogP contribution in [0.3, 0.4) is 0 Å². The Balaban J connectivity index is 1.50. The van der Waals surface area contributed by atoms with E-state index in [9.17, 15) is 4.79 Å². The molecule has 0 spiro atoms. The number of fused-ring (bicyclic) bond motifs is 1. The van der Waals surface area contributed by atoms with Crippen molar-refractivity contribution in [1.82, 2.24) is 14.5 Å². The van der Waals surface area contributed by atoms with E-state index >= 15 is 0 Å². The maximum Gasteiger partial charge on any atom is 0.221 e. The second-order valence-corrected chi connectivity index (χ2v) is 7.28. The largest absolute Gasteiger partial charge is 0.352 e. The van der Waals surface area contributed by atoms with Gasteiger partial charge in [0.05, 0.1) is 11.7 Å². The van der Waals surface area contributed by atoms with E-state index in [1.54, 1.807) is 6.20 Å². The van der Waals surface area contributed by atoms with Gasteiger partial charge in [0.1, 0.15) is 11.3 Å². The summed E-state index contributed by atoms with van der Waals surface area (Å²) in [6.07, 6.45) is 1.77. The fourth-order valence-corrected chi connectivity index (χ4v) is 3.31. The summed E-state index contributed by atoms with van der Waals surface area (Å²) >= 11 is 0. The molecule has 2 heterocycles. The zero-order chi connectivity index (χ0) is 21.1. The van der Waals surface area contributed by atoms with E-state index in [4.69, 9.17) is 0 Å². The predicted octanol–water partition coefficient (Wildman–Crippen LogP) is 4.59. The van der Waals surface area contributed by atoms with Crippen molar-refractivity contribution >= 4 is 40.1 Å². The minimum Gasteiger partial charge on any atom is -0.352 e. The first-order valence-electron chi connectivity index (χ1n) is 9.74. The van der Waals surface area contributed by atoms with Gasteiger partial charge in [0.15, 0.2) is 0 Å². The van der Waals surface area contributed by atoms with E-state index in [2.05, 4.69) is 57.1 Å². The first-order valence-corrected chi connectivity index (χ1v) is 9.74. The molecule has 1 amide bonds. The highest BCUT2D eigenvalue weighted by atomic mass is 16.1. The van der Waals surface area contributed by atoms with Gasteiger partial charge in [-0.2, -0.15) is 0 Å². The van der Waals surface area contributed by atoms with E-state index in [-0.39, 0.29) is 5.91 Å². The fourth-order valence-electron chi connectivity index (χ4n) is 3.31. The van der Waals surface area contributed by atoms with Gasteiger partial charge in [-0.1, -0.05) is 29.8 Å². The van der Waals surface area contributed by atoms with Crippen molar-refractivity contribution in [3.05, 3.63) is 71.9 Å². The molecule has 4 aromatic rings. The van der Waals surface area contributed by atoms with Crippen LogP contribution in [0.15, 0.2) is 60.8 Å². The van der Waals surface area contributed by atoms with E-state index in [0.29, 0.717) is 6.54 Å². The van der Waals surface area contributed by atoms with Gasteiger partial charge >= 0.3 is 0 Å². The molecule has 0 fully saturated rings. The van der Waals surface area contributed by atoms with Gasteiger partial charge in [-0.3, -0.25) is 4.79 Å². The van der Waals surface area contributed by atoms with Crippen LogP contribution in [0.1, 0.15) is 18.1 Å². The molecule has 0 unspecified atom stereocenters. The van der Waals surface area contributed by atoms with Gasteiger partial charge in [0, 0.05) is 38.0 Å².